The predicted molar refractivity (Wildman–Crippen MR) is 258 cm³/mol. The van der Waals surface area contributed by atoms with E-state index < -0.39 is 5.97 Å². The Morgan fingerprint density at radius 1 is 0.571 bits per heavy atom. The van der Waals surface area contributed by atoms with Crippen LogP contribution < -0.4 is 23.8 Å². The Morgan fingerprint density at radius 3 is 1.38 bits per heavy atom. The molecule has 0 saturated carbocycles. The fraction of sp³-hybridized carbons (Fsp3) is 0.296. The molecule has 0 spiro atoms. The van der Waals surface area contributed by atoms with E-state index in [4.69, 9.17) is 18.9 Å². The lowest BCUT2D eigenvalue weighted by Gasteiger charge is -2.26. The SMILES string of the molecule is CCCCOc1ccc(-c2ccc(N(c3ccc(-c4ccc(/C=C(\C#N)C(=O)O)s4)cc3)c3ccc(-c4ccc(OCCCC)cc4OCCCC)cc3)cc2)c(OCCCC)c1. The first-order valence-electron chi connectivity index (χ1n) is 22.2. The number of nitrogens with zero attached hydrogens (tertiary/aromatic N) is 2. The Balaban J connectivity index is 1.36. The number of hydrogen-bond acceptors (Lipinski definition) is 8. The van der Waals surface area contributed by atoms with E-state index >= 15 is 0 Å². The summed E-state index contributed by atoms with van der Waals surface area (Å²) >= 11 is 1.44. The van der Waals surface area contributed by atoms with Crippen LogP contribution in [0.5, 0.6) is 23.0 Å². The highest BCUT2D eigenvalue weighted by molar-refractivity contribution is 7.16. The summed E-state index contributed by atoms with van der Waals surface area (Å²) in [6, 6.07) is 43.3. The van der Waals surface area contributed by atoms with Crippen molar-refractivity contribution in [1.82, 2.24) is 0 Å². The number of carbonyl (C=O) groups is 1. The van der Waals surface area contributed by atoms with Crippen LogP contribution >= 0.6 is 11.3 Å². The first kappa shape index (κ1) is 46.0. The number of carboxylic acid groups (broad SMARTS) is 1. The lowest BCUT2D eigenvalue weighted by Crippen LogP contribution is -2.10. The zero-order chi connectivity index (χ0) is 44.4. The summed E-state index contributed by atoms with van der Waals surface area (Å²) in [5, 5.41) is 18.6. The molecule has 5 aromatic carbocycles. The third-order valence-electron chi connectivity index (χ3n) is 10.5. The second-order valence-electron chi connectivity index (χ2n) is 15.3. The summed E-state index contributed by atoms with van der Waals surface area (Å²) in [6.07, 6.45) is 9.58. The van der Waals surface area contributed by atoms with E-state index in [1.165, 1.54) is 17.4 Å². The number of carboxylic acids is 1. The summed E-state index contributed by atoms with van der Waals surface area (Å²) < 4.78 is 24.8. The number of thiophene rings is 1. The number of benzene rings is 5. The molecule has 8 nitrogen and oxygen atoms in total. The minimum atomic E-state index is -1.24. The van der Waals surface area contributed by atoms with Crippen LogP contribution in [0.1, 0.15) is 83.9 Å². The van der Waals surface area contributed by atoms with Crippen molar-refractivity contribution in [2.45, 2.75) is 79.1 Å². The van der Waals surface area contributed by atoms with Crippen molar-refractivity contribution in [1.29, 1.82) is 5.26 Å². The van der Waals surface area contributed by atoms with Gasteiger partial charge >= 0.3 is 5.97 Å². The van der Waals surface area contributed by atoms with Crippen molar-refractivity contribution in [2.24, 2.45) is 0 Å². The maximum absolute atomic E-state index is 11.4. The van der Waals surface area contributed by atoms with E-state index in [9.17, 15) is 15.2 Å². The Bertz CT molecular complexity index is 2340. The number of ether oxygens (including phenoxy) is 4. The molecule has 63 heavy (non-hydrogen) atoms. The van der Waals surface area contributed by atoms with Gasteiger partial charge in [-0.1, -0.05) is 89.8 Å². The highest BCUT2D eigenvalue weighted by atomic mass is 32.1. The van der Waals surface area contributed by atoms with Crippen LogP contribution in [0.2, 0.25) is 0 Å². The molecule has 1 N–H and O–H groups in total. The van der Waals surface area contributed by atoms with Crippen molar-refractivity contribution >= 4 is 40.4 Å². The van der Waals surface area contributed by atoms with Crippen molar-refractivity contribution in [3.8, 4) is 61.8 Å². The van der Waals surface area contributed by atoms with Crippen LogP contribution in [0.15, 0.2) is 127 Å². The summed E-state index contributed by atoms with van der Waals surface area (Å²) in [4.78, 5) is 15.3. The average molecular weight is 863 g/mol. The van der Waals surface area contributed by atoms with Gasteiger partial charge in [-0.25, -0.2) is 4.79 Å². The second kappa shape index (κ2) is 23.6. The standard InChI is InChI=1S/C54H58N2O6S/c1-5-9-31-59-46-25-28-49(51(36-46)61-33-11-7-3)39-13-19-43(20-14-39)56(45-23-17-41(18-24-45)53-30-27-48(63-53)35-42(38-55)54(57)58)44-21-15-40(16-22-44)50-29-26-47(60-32-10-6-2)37-52(50)62-34-12-8-4/h13-30,35-37H,5-12,31-34H2,1-4H3,(H,57,58)/b42-35+. The van der Waals surface area contributed by atoms with E-state index in [1.54, 1.807) is 6.07 Å². The lowest BCUT2D eigenvalue weighted by molar-refractivity contribution is -0.132. The normalized spacial score (nSPS) is 11.2. The van der Waals surface area contributed by atoms with Crippen LogP contribution in [-0.2, 0) is 4.79 Å². The van der Waals surface area contributed by atoms with Gasteiger partial charge in [-0.3, -0.25) is 0 Å². The van der Waals surface area contributed by atoms with E-state index in [1.807, 2.05) is 36.4 Å². The first-order chi connectivity index (χ1) is 30.8. The minimum absolute atomic E-state index is 0.297. The fourth-order valence-electron chi connectivity index (χ4n) is 6.89. The number of rotatable bonds is 24. The van der Waals surface area contributed by atoms with Gasteiger partial charge < -0.3 is 29.0 Å². The smallest absolute Gasteiger partial charge is 0.346 e. The topological polar surface area (TPSA) is 101 Å². The van der Waals surface area contributed by atoms with Crippen LogP contribution in [0.3, 0.4) is 0 Å². The van der Waals surface area contributed by atoms with Crippen molar-refractivity contribution in [3.63, 3.8) is 0 Å². The molecule has 0 aliphatic rings. The minimum Gasteiger partial charge on any atom is -0.493 e. The Hall–Kier alpha value is -6.50. The van der Waals surface area contributed by atoms with Gasteiger partial charge in [-0.05, 0) is 121 Å². The molecule has 0 amide bonds. The zero-order valence-corrected chi connectivity index (χ0v) is 37.7. The number of anilines is 3. The van der Waals surface area contributed by atoms with E-state index in [0.717, 1.165) is 124 Å². The summed E-state index contributed by atoms with van der Waals surface area (Å²) in [6.45, 7) is 11.3. The summed E-state index contributed by atoms with van der Waals surface area (Å²) in [5.74, 6) is 2.00. The van der Waals surface area contributed by atoms with E-state index in [-0.39, 0.29) is 5.57 Å². The first-order valence-corrected chi connectivity index (χ1v) is 23.0. The monoisotopic (exact) mass is 862 g/mol. The quantitative estimate of drug-likeness (QED) is 0.0365. The lowest BCUT2D eigenvalue weighted by atomic mass is 10.0. The maximum Gasteiger partial charge on any atom is 0.346 e. The number of nitriles is 1. The maximum atomic E-state index is 11.4. The average Bonchev–Trinajstić information content (AvgIpc) is 3.78. The Labute approximate surface area is 377 Å². The molecular weight excluding hydrogens is 805 g/mol. The molecule has 0 aliphatic carbocycles. The van der Waals surface area contributed by atoms with Crippen molar-refractivity contribution < 1.29 is 28.8 Å². The Kier molecular flexibility index (Phi) is 17.3. The predicted octanol–water partition coefficient (Wildman–Crippen LogP) is 14.9. The molecule has 0 atom stereocenters. The van der Waals surface area contributed by atoms with Crippen LogP contribution in [-0.4, -0.2) is 37.5 Å². The molecule has 0 saturated heterocycles. The molecular formula is C54H58N2O6S. The third kappa shape index (κ3) is 12.6. The molecule has 0 radical (unpaired) electrons. The number of aliphatic carboxylic acids is 1. The van der Waals surface area contributed by atoms with Gasteiger partial charge in [-0.2, -0.15) is 5.26 Å². The van der Waals surface area contributed by atoms with Gasteiger partial charge in [0.25, 0.3) is 0 Å². The molecule has 0 unspecified atom stereocenters. The molecule has 0 bridgehead atoms. The van der Waals surface area contributed by atoms with Crippen LogP contribution in [0.25, 0.3) is 38.8 Å². The third-order valence-corrected chi connectivity index (χ3v) is 11.6. The number of hydrogen-bond donors (Lipinski definition) is 1. The molecule has 1 heterocycles. The van der Waals surface area contributed by atoms with Gasteiger partial charge in [-0.15, -0.1) is 11.3 Å². The fourth-order valence-corrected chi connectivity index (χ4v) is 7.85. The van der Waals surface area contributed by atoms with Crippen LogP contribution in [0.4, 0.5) is 17.1 Å². The largest absolute Gasteiger partial charge is 0.493 e. The summed E-state index contributed by atoms with van der Waals surface area (Å²) in [7, 11) is 0. The van der Waals surface area contributed by atoms with E-state index in [0.29, 0.717) is 31.3 Å². The molecule has 9 heteroatoms. The van der Waals surface area contributed by atoms with Gasteiger partial charge in [0, 0.05) is 50.1 Å². The highest BCUT2D eigenvalue weighted by Gasteiger charge is 2.17. The van der Waals surface area contributed by atoms with Crippen molar-refractivity contribution in [2.75, 3.05) is 31.3 Å². The molecule has 1 aromatic heterocycles. The van der Waals surface area contributed by atoms with Gasteiger partial charge in [0.1, 0.15) is 34.6 Å². The molecule has 0 aliphatic heterocycles. The zero-order valence-electron chi connectivity index (χ0n) is 36.9. The van der Waals surface area contributed by atoms with Gasteiger partial charge in [0.15, 0.2) is 0 Å². The Morgan fingerprint density at radius 2 is 0.984 bits per heavy atom. The van der Waals surface area contributed by atoms with Crippen LogP contribution in [0, 0.1) is 11.3 Å². The highest BCUT2D eigenvalue weighted by Crippen LogP contribution is 2.41. The second-order valence-corrected chi connectivity index (χ2v) is 16.4. The molecule has 6 rings (SSSR count). The van der Waals surface area contributed by atoms with Crippen molar-refractivity contribution in [3.05, 3.63) is 132 Å². The van der Waals surface area contributed by atoms with Gasteiger partial charge in [0.05, 0.1) is 26.4 Å². The molecule has 326 valence electrons. The van der Waals surface area contributed by atoms with E-state index in [2.05, 4.69) is 118 Å². The number of unbranched alkanes of at least 4 members (excludes halogenated alkanes) is 4. The molecule has 0 fully saturated rings. The summed E-state index contributed by atoms with van der Waals surface area (Å²) in [5.41, 5.74) is 7.70. The molecule has 6 aromatic rings. The van der Waals surface area contributed by atoms with Gasteiger partial charge in [0.2, 0.25) is 0 Å².